The standard InChI is InChI=1S/C22H28BrN3O6S2/c1-16-13-18(8-9-19(16)23)26(33(3,28)29)15-22(27)24-17-7-10-20(32-2)21(14-17)34(30,31)25-11-5-4-6-12-25/h7-10,13-14H,4-6,11-12,15H2,1-3H3,(H,24,27). The van der Waals surface area contributed by atoms with Crippen LogP contribution in [0.4, 0.5) is 11.4 Å². The van der Waals surface area contributed by atoms with Gasteiger partial charge in [-0.05, 0) is 61.7 Å². The van der Waals surface area contributed by atoms with Gasteiger partial charge in [-0.3, -0.25) is 9.10 Å². The van der Waals surface area contributed by atoms with E-state index in [1.165, 1.54) is 29.6 Å². The SMILES string of the molecule is COc1ccc(NC(=O)CN(c2ccc(Br)c(C)c2)S(C)(=O)=O)cc1S(=O)(=O)N1CCCCC1. The van der Waals surface area contributed by atoms with Gasteiger partial charge in [-0.1, -0.05) is 22.4 Å². The van der Waals surface area contributed by atoms with Crippen LogP contribution in [0.25, 0.3) is 0 Å². The number of benzene rings is 2. The largest absolute Gasteiger partial charge is 0.495 e. The molecule has 1 N–H and O–H groups in total. The van der Waals surface area contributed by atoms with Gasteiger partial charge >= 0.3 is 0 Å². The van der Waals surface area contributed by atoms with Gasteiger partial charge in [0.15, 0.2) is 0 Å². The van der Waals surface area contributed by atoms with Crippen molar-refractivity contribution in [3.8, 4) is 5.75 Å². The Morgan fingerprint density at radius 3 is 2.35 bits per heavy atom. The van der Waals surface area contributed by atoms with Crippen molar-refractivity contribution in [2.75, 3.05) is 42.6 Å². The summed E-state index contributed by atoms with van der Waals surface area (Å²) >= 11 is 3.38. The van der Waals surface area contributed by atoms with Crippen molar-refractivity contribution in [3.05, 3.63) is 46.4 Å². The lowest BCUT2D eigenvalue weighted by Crippen LogP contribution is -2.37. The van der Waals surface area contributed by atoms with Crippen LogP contribution in [0, 0.1) is 6.92 Å². The zero-order valence-electron chi connectivity index (χ0n) is 19.2. The molecular weight excluding hydrogens is 546 g/mol. The molecule has 1 amide bonds. The second-order valence-electron chi connectivity index (χ2n) is 8.08. The van der Waals surface area contributed by atoms with E-state index in [9.17, 15) is 21.6 Å². The fourth-order valence-corrected chi connectivity index (χ4v) is 6.51. The lowest BCUT2D eigenvalue weighted by Gasteiger charge is -2.27. The van der Waals surface area contributed by atoms with E-state index < -0.39 is 32.5 Å². The van der Waals surface area contributed by atoms with Gasteiger partial charge < -0.3 is 10.1 Å². The first-order chi connectivity index (χ1) is 15.9. The van der Waals surface area contributed by atoms with Gasteiger partial charge in [-0.15, -0.1) is 0 Å². The van der Waals surface area contributed by atoms with E-state index in [1.807, 2.05) is 6.92 Å². The number of rotatable bonds is 8. The van der Waals surface area contributed by atoms with Crippen LogP contribution in [-0.4, -0.2) is 60.0 Å². The summed E-state index contributed by atoms with van der Waals surface area (Å²) in [5.41, 5.74) is 1.39. The number of hydrogen-bond donors (Lipinski definition) is 1. The number of piperidine rings is 1. The first-order valence-corrected chi connectivity index (χ1v) is 14.7. The molecule has 0 saturated carbocycles. The molecule has 0 unspecified atom stereocenters. The van der Waals surface area contributed by atoms with Crippen molar-refractivity contribution >= 4 is 53.3 Å². The molecule has 1 saturated heterocycles. The molecule has 0 aromatic heterocycles. The van der Waals surface area contributed by atoms with Crippen molar-refractivity contribution in [3.63, 3.8) is 0 Å². The molecule has 9 nitrogen and oxygen atoms in total. The number of nitrogens with one attached hydrogen (secondary N) is 1. The third kappa shape index (κ3) is 6.09. The lowest BCUT2D eigenvalue weighted by molar-refractivity contribution is -0.114. The lowest BCUT2D eigenvalue weighted by atomic mass is 10.2. The summed E-state index contributed by atoms with van der Waals surface area (Å²) in [7, 11) is -6.19. The summed E-state index contributed by atoms with van der Waals surface area (Å²) in [6, 6.07) is 9.30. The van der Waals surface area contributed by atoms with Gasteiger partial charge in [-0.25, -0.2) is 16.8 Å². The number of carbonyl (C=O) groups excluding carboxylic acids is 1. The number of aryl methyl sites for hydroxylation is 1. The van der Waals surface area contributed by atoms with Gasteiger partial charge in [0.2, 0.25) is 26.0 Å². The molecule has 1 fully saturated rings. The van der Waals surface area contributed by atoms with Gasteiger partial charge in [0.25, 0.3) is 0 Å². The molecule has 0 spiro atoms. The predicted octanol–water partition coefficient (Wildman–Crippen LogP) is 3.35. The summed E-state index contributed by atoms with van der Waals surface area (Å²) in [6.07, 6.45) is 3.58. The van der Waals surface area contributed by atoms with Crippen LogP contribution in [-0.2, 0) is 24.8 Å². The zero-order valence-corrected chi connectivity index (χ0v) is 22.5. The number of amides is 1. The average Bonchev–Trinajstić information content (AvgIpc) is 2.79. The minimum atomic E-state index is -3.81. The number of carbonyl (C=O) groups is 1. The number of anilines is 2. The minimum absolute atomic E-state index is 0.0433. The molecule has 3 rings (SSSR count). The van der Waals surface area contributed by atoms with Gasteiger partial charge in [0.05, 0.1) is 19.1 Å². The summed E-state index contributed by atoms with van der Waals surface area (Å²) in [5.74, 6) is -0.441. The Morgan fingerprint density at radius 2 is 1.76 bits per heavy atom. The van der Waals surface area contributed by atoms with Crippen molar-refractivity contribution in [1.82, 2.24) is 4.31 Å². The van der Waals surface area contributed by atoms with Crippen molar-refractivity contribution in [2.24, 2.45) is 0 Å². The van der Waals surface area contributed by atoms with E-state index in [0.29, 0.717) is 18.8 Å². The highest BCUT2D eigenvalue weighted by Gasteiger charge is 2.29. The number of methoxy groups -OCH3 is 1. The highest BCUT2D eigenvalue weighted by molar-refractivity contribution is 9.10. The van der Waals surface area contributed by atoms with Crippen LogP contribution in [0.2, 0.25) is 0 Å². The second-order valence-corrected chi connectivity index (χ2v) is 12.7. The Balaban J connectivity index is 1.86. The Kier molecular flexibility index (Phi) is 8.27. The fourth-order valence-electron chi connectivity index (χ4n) is 3.72. The van der Waals surface area contributed by atoms with E-state index in [0.717, 1.165) is 39.9 Å². The molecule has 0 aliphatic carbocycles. The number of ether oxygens (including phenoxy) is 1. The van der Waals surface area contributed by atoms with Crippen molar-refractivity contribution in [2.45, 2.75) is 31.1 Å². The van der Waals surface area contributed by atoms with E-state index >= 15 is 0 Å². The molecule has 1 heterocycles. The molecule has 1 aliphatic rings. The molecular formula is C22H28BrN3O6S2. The Bertz CT molecular complexity index is 1280. The molecule has 0 radical (unpaired) electrons. The number of hydrogen-bond acceptors (Lipinski definition) is 6. The quantitative estimate of drug-likeness (QED) is 0.518. The van der Waals surface area contributed by atoms with E-state index in [-0.39, 0.29) is 16.3 Å². The van der Waals surface area contributed by atoms with Crippen LogP contribution < -0.4 is 14.4 Å². The van der Waals surface area contributed by atoms with E-state index in [1.54, 1.807) is 18.2 Å². The normalized spacial score (nSPS) is 15.1. The molecule has 12 heteroatoms. The van der Waals surface area contributed by atoms with E-state index in [2.05, 4.69) is 21.2 Å². The Hall–Kier alpha value is -2.15. The Labute approximate surface area is 209 Å². The number of nitrogens with zero attached hydrogens (tertiary/aromatic N) is 2. The van der Waals surface area contributed by atoms with Crippen LogP contribution in [0.3, 0.4) is 0 Å². The van der Waals surface area contributed by atoms with Gasteiger partial charge in [0.1, 0.15) is 17.2 Å². The van der Waals surface area contributed by atoms with E-state index in [4.69, 9.17) is 4.74 Å². The molecule has 2 aromatic rings. The highest BCUT2D eigenvalue weighted by atomic mass is 79.9. The molecule has 2 aromatic carbocycles. The third-order valence-electron chi connectivity index (χ3n) is 5.50. The maximum Gasteiger partial charge on any atom is 0.246 e. The number of sulfonamides is 2. The predicted molar refractivity (Wildman–Crippen MR) is 135 cm³/mol. The highest BCUT2D eigenvalue weighted by Crippen LogP contribution is 2.31. The van der Waals surface area contributed by atoms with Crippen molar-refractivity contribution in [1.29, 1.82) is 0 Å². The van der Waals surface area contributed by atoms with Crippen LogP contribution >= 0.6 is 15.9 Å². The van der Waals surface area contributed by atoms with Crippen molar-refractivity contribution < 1.29 is 26.4 Å². The Morgan fingerprint density at radius 1 is 1.09 bits per heavy atom. The summed E-state index contributed by atoms with van der Waals surface area (Å²) in [4.78, 5) is 12.8. The molecule has 0 atom stereocenters. The van der Waals surface area contributed by atoms with Gasteiger partial charge in [-0.2, -0.15) is 4.31 Å². The summed E-state index contributed by atoms with van der Waals surface area (Å²) in [5, 5.41) is 2.61. The monoisotopic (exact) mass is 573 g/mol. The second kappa shape index (κ2) is 10.6. The zero-order chi connectivity index (χ0) is 25.1. The van der Waals surface area contributed by atoms with Crippen LogP contribution in [0.15, 0.2) is 45.8 Å². The maximum atomic E-state index is 13.2. The average molecular weight is 575 g/mol. The summed E-state index contributed by atoms with van der Waals surface area (Å²) in [6.45, 7) is 2.20. The topological polar surface area (TPSA) is 113 Å². The molecule has 1 aliphatic heterocycles. The van der Waals surface area contributed by atoms with Crippen LogP contribution in [0.1, 0.15) is 24.8 Å². The number of halogens is 1. The van der Waals surface area contributed by atoms with Crippen LogP contribution in [0.5, 0.6) is 5.75 Å². The first kappa shape index (κ1) is 26.5. The van der Waals surface area contributed by atoms with Gasteiger partial charge in [0, 0.05) is 23.2 Å². The fraction of sp³-hybridized carbons (Fsp3) is 0.409. The molecule has 34 heavy (non-hydrogen) atoms. The maximum absolute atomic E-state index is 13.2. The smallest absolute Gasteiger partial charge is 0.246 e. The summed E-state index contributed by atoms with van der Waals surface area (Å²) < 4.78 is 59.7. The molecule has 0 bridgehead atoms. The third-order valence-corrected chi connectivity index (χ3v) is 9.45. The minimum Gasteiger partial charge on any atom is -0.495 e. The first-order valence-electron chi connectivity index (χ1n) is 10.7. The molecule has 186 valence electrons.